The third-order valence-corrected chi connectivity index (χ3v) is 2.36. The van der Waals surface area contributed by atoms with Crippen molar-refractivity contribution in [2.75, 3.05) is 6.54 Å². The standard InChI is InChI=1S/C13H17F2NO/c1-13(2,3)7-8-16-12(17)9-5-4-6-10(14)11(9)15/h4-6H,7-8H2,1-3H3,(H,16,17). The van der Waals surface area contributed by atoms with Crippen LogP contribution in [0.5, 0.6) is 0 Å². The quantitative estimate of drug-likeness (QED) is 0.865. The van der Waals surface area contributed by atoms with Gasteiger partial charge in [0.1, 0.15) is 0 Å². The van der Waals surface area contributed by atoms with Gasteiger partial charge in [0.25, 0.3) is 5.91 Å². The molecule has 1 amide bonds. The second kappa shape index (κ2) is 5.25. The van der Waals surface area contributed by atoms with Gasteiger partial charge >= 0.3 is 0 Å². The highest BCUT2D eigenvalue weighted by Gasteiger charge is 2.15. The first kappa shape index (κ1) is 13.6. The van der Waals surface area contributed by atoms with E-state index in [0.29, 0.717) is 6.54 Å². The van der Waals surface area contributed by atoms with Crippen LogP contribution in [-0.4, -0.2) is 12.5 Å². The van der Waals surface area contributed by atoms with Gasteiger partial charge < -0.3 is 5.32 Å². The Morgan fingerprint density at radius 3 is 2.53 bits per heavy atom. The third kappa shape index (κ3) is 4.13. The molecule has 0 atom stereocenters. The molecule has 0 aromatic heterocycles. The molecule has 2 nitrogen and oxygen atoms in total. The van der Waals surface area contributed by atoms with E-state index in [1.54, 1.807) is 0 Å². The molecular weight excluding hydrogens is 224 g/mol. The predicted molar refractivity (Wildman–Crippen MR) is 62.8 cm³/mol. The van der Waals surface area contributed by atoms with Gasteiger partial charge in [0.05, 0.1) is 5.56 Å². The Hall–Kier alpha value is -1.45. The number of carbonyl (C=O) groups is 1. The van der Waals surface area contributed by atoms with E-state index in [1.165, 1.54) is 12.1 Å². The fourth-order valence-electron chi connectivity index (χ4n) is 1.33. The lowest BCUT2D eigenvalue weighted by atomic mass is 9.92. The minimum absolute atomic E-state index is 0.0910. The predicted octanol–water partition coefficient (Wildman–Crippen LogP) is 3.13. The molecule has 0 fully saturated rings. The van der Waals surface area contributed by atoms with Crippen LogP contribution in [0.2, 0.25) is 0 Å². The Kier molecular flexibility index (Phi) is 4.21. The van der Waals surface area contributed by atoms with Crippen molar-refractivity contribution in [2.24, 2.45) is 5.41 Å². The summed E-state index contributed by atoms with van der Waals surface area (Å²) < 4.78 is 26.2. The molecule has 0 saturated heterocycles. The van der Waals surface area contributed by atoms with Crippen molar-refractivity contribution in [3.05, 3.63) is 35.4 Å². The Bertz CT molecular complexity index is 410. The fourth-order valence-corrected chi connectivity index (χ4v) is 1.33. The molecule has 4 heteroatoms. The molecule has 0 aliphatic rings. The van der Waals surface area contributed by atoms with E-state index < -0.39 is 17.5 Å². The number of halogens is 2. The Morgan fingerprint density at radius 2 is 1.94 bits per heavy atom. The van der Waals surface area contributed by atoms with Crippen molar-refractivity contribution in [2.45, 2.75) is 27.2 Å². The van der Waals surface area contributed by atoms with E-state index in [1.807, 2.05) is 20.8 Å². The van der Waals surface area contributed by atoms with Crippen molar-refractivity contribution in [1.82, 2.24) is 5.32 Å². The monoisotopic (exact) mass is 241 g/mol. The van der Waals surface area contributed by atoms with Gasteiger partial charge in [0, 0.05) is 6.54 Å². The summed E-state index contributed by atoms with van der Waals surface area (Å²) in [6.07, 6.45) is 0.773. The number of carbonyl (C=O) groups excluding carboxylic acids is 1. The minimum atomic E-state index is -1.10. The third-order valence-electron chi connectivity index (χ3n) is 2.36. The normalized spacial score (nSPS) is 11.4. The van der Waals surface area contributed by atoms with Gasteiger partial charge in [-0.05, 0) is 24.0 Å². The van der Waals surface area contributed by atoms with Crippen molar-refractivity contribution in [3.63, 3.8) is 0 Å². The minimum Gasteiger partial charge on any atom is -0.352 e. The van der Waals surface area contributed by atoms with E-state index in [2.05, 4.69) is 5.32 Å². The molecule has 94 valence electrons. The lowest BCUT2D eigenvalue weighted by Crippen LogP contribution is -2.28. The van der Waals surface area contributed by atoms with Crippen LogP contribution in [0.25, 0.3) is 0 Å². The van der Waals surface area contributed by atoms with Crippen molar-refractivity contribution < 1.29 is 13.6 Å². The summed E-state index contributed by atoms with van der Waals surface area (Å²) in [6, 6.07) is 3.57. The highest BCUT2D eigenvalue weighted by atomic mass is 19.2. The second-order valence-corrected chi connectivity index (χ2v) is 5.17. The van der Waals surface area contributed by atoms with Gasteiger partial charge in [-0.15, -0.1) is 0 Å². The number of hydrogen-bond donors (Lipinski definition) is 1. The Labute approximate surface area is 100 Å². The molecule has 17 heavy (non-hydrogen) atoms. The average molecular weight is 241 g/mol. The first-order chi connectivity index (χ1) is 7.81. The summed E-state index contributed by atoms with van der Waals surface area (Å²) in [5, 5.41) is 2.58. The molecule has 0 radical (unpaired) electrons. The topological polar surface area (TPSA) is 29.1 Å². The second-order valence-electron chi connectivity index (χ2n) is 5.17. The van der Waals surface area contributed by atoms with Crippen LogP contribution >= 0.6 is 0 Å². The first-order valence-electron chi connectivity index (χ1n) is 5.53. The summed E-state index contributed by atoms with van der Waals surface area (Å²) in [7, 11) is 0. The zero-order valence-electron chi connectivity index (χ0n) is 10.3. The van der Waals surface area contributed by atoms with Crippen LogP contribution in [0.1, 0.15) is 37.6 Å². The zero-order valence-corrected chi connectivity index (χ0v) is 10.3. The van der Waals surface area contributed by atoms with Crippen LogP contribution < -0.4 is 5.32 Å². The molecule has 0 saturated carbocycles. The number of amides is 1. The zero-order chi connectivity index (χ0) is 13.1. The maximum atomic E-state index is 13.3. The van der Waals surface area contributed by atoms with E-state index in [9.17, 15) is 13.6 Å². The molecule has 1 aromatic carbocycles. The highest BCUT2D eigenvalue weighted by Crippen LogP contribution is 2.17. The number of benzene rings is 1. The maximum Gasteiger partial charge on any atom is 0.254 e. The first-order valence-corrected chi connectivity index (χ1v) is 5.53. The van der Waals surface area contributed by atoms with Gasteiger partial charge in [-0.1, -0.05) is 26.8 Å². The van der Waals surface area contributed by atoms with E-state index in [4.69, 9.17) is 0 Å². The van der Waals surface area contributed by atoms with Gasteiger partial charge in [0.2, 0.25) is 0 Å². The van der Waals surface area contributed by atoms with E-state index in [0.717, 1.165) is 12.5 Å². The molecule has 0 spiro atoms. The van der Waals surface area contributed by atoms with E-state index in [-0.39, 0.29) is 11.0 Å². The summed E-state index contributed by atoms with van der Waals surface area (Å²) >= 11 is 0. The molecule has 0 heterocycles. The SMILES string of the molecule is CC(C)(C)CCNC(=O)c1cccc(F)c1F. The van der Waals surface area contributed by atoms with E-state index >= 15 is 0 Å². The lowest BCUT2D eigenvalue weighted by molar-refractivity contribution is 0.0944. The summed E-state index contributed by atoms with van der Waals surface area (Å²) in [5.74, 6) is -2.68. The molecule has 1 aromatic rings. The maximum absolute atomic E-state index is 13.3. The van der Waals surface area contributed by atoms with Crippen molar-refractivity contribution in [1.29, 1.82) is 0 Å². The van der Waals surface area contributed by atoms with Crippen LogP contribution in [0.3, 0.4) is 0 Å². The average Bonchev–Trinajstić information content (AvgIpc) is 2.20. The van der Waals surface area contributed by atoms with Gasteiger partial charge in [-0.3, -0.25) is 4.79 Å². The number of hydrogen-bond acceptors (Lipinski definition) is 1. The lowest BCUT2D eigenvalue weighted by Gasteiger charge is -2.18. The van der Waals surface area contributed by atoms with Crippen LogP contribution in [0.15, 0.2) is 18.2 Å². The molecule has 0 aliphatic carbocycles. The number of nitrogens with one attached hydrogen (secondary N) is 1. The van der Waals surface area contributed by atoms with Gasteiger partial charge in [-0.25, -0.2) is 8.78 Å². The molecule has 0 aliphatic heterocycles. The highest BCUT2D eigenvalue weighted by molar-refractivity contribution is 5.94. The van der Waals surface area contributed by atoms with Crippen LogP contribution in [-0.2, 0) is 0 Å². The van der Waals surface area contributed by atoms with Crippen molar-refractivity contribution >= 4 is 5.91 Å². The Balaban J connectivity index is 2.62. The number of rotatable bonds is 3. The smallest absolute Gasteiger partial charge is 0.254 e. The van der Waals surface area contributed by atoms with Gasteiger partial charge in [0.15, 0.2) is 11.6 Å². The largest absolute Gasteiger partial charge is 0.352 e. The van der Waals surface area contributed by atoms with Crippen LogP contribution in [0.4, 0.5) is 8.78 Å². The molecule has 1 rings (SSSR count). The molecule has 0 unspecified atom stereocenters. The Morgan fingerprint density at radius 1 is 1.29 bits per heavy atom. The fraction of sp³-hybridized carbons (Fsp3) is 0.462. The summed E-state index contributed by atoms with van der Waals surface area (Å²) in [6.45, 7) is 6.57. The van der Waals surface area contributed by atoms with Crippen molar-refractivity contribution in [3.8, 4) is 0 Å². The summed E-state index contributed by atoms with van der Waals surface area (Å²) in [4.78, 5) is 11.6. The molecule has 1 N–H and O–H groups in total. The van der Waals surface area contributed by atoms with Gasteiger partial charge in [-0.2, -0.15) is 0 Å². The molecule has 0 bridgehead atoms. The van der Waals surface area contributed by atoms with Crippen LogP contribution in [0, 0.1) is 17.0 Å². The molecular formula is C13H17F2NO. The summed E-state index contributed by atoms with van der Waals surface area (Å²) in [5.41, 5.74) is -0.160.